The lowest BCUT2D eigenvalue weighted by Gasteiger charge is -2.30. The molecule has 3 amide bonds. The Morgan fingerprint density at radius 1 is 1.09 bits per heavy atom. The van der Waals surface area contributed by atoms with Crippen molar-refractivity contribution < 1.29 is 67.8 Å². The van der Waals surface area contributed by atoms with Crippen molar-refractivity contribution in [1.29, 1.82) is 0 Å². The Labute approximate surface area is 264 Å². The van der Waals surface area contributed by atoms with Crippen LogP contribution in [0.2, 0.25) is 0 Å². The van der Waals surface area contributed by atoms with Gasteiger partial charge in [0.25, 0.3) is 5.76 Å². The predicted molar refractivity (Wildman–Crippen MR) is 153 cm³/mol. The van der Waals surface area contributed by atoms with E-state index < -0.39 is 111 Å². The van der Waals surface area contributed by atoms with Crippen LogP contribution in [0.1, 0.15) is 32.1 Å². The molecule has 0 aromatic carbocycles. The summed E-state index contributed by atoms with van der Waals surface area (Å²) in [4.78, 5) is 76.8. The summed E-state index contributed by atoms with van der Waals surface area (Å²) in [5.74, 6) is -7.04. The number of aliphatic hydroxyl groups is 3. The summed E-state index contributed by atoms with van der Waals surface area (Å²) in [6.07, 6.45) is -4.60. The van der Waals surface area contributed by atoms with E-state index in [1.165, 1.54) is 42.4 Å². The molecule has 0 bridgehead atoms. The number of hydrogen-bond donors (Lipinski definition) is 5. The van der Waals surface area contributed by atoms with Gasteiger partial charge in [0.1, 0.15) is 12.1 Å². The van der Waals surface area contributed by atoms with Crippen molar-refractivity contribution in [1.82, 2.24) is 24.5 Å². The first-order chi connectivity index (χ1) is 21.5. The second-order valence-corrected chi connectivity index (χ2v) is 14.0. The van der Waals surface area contributed by atoms with Gasteiger partial charge in [-0.15, -0.1) is 0 Å². The normalized spacial score (nSPS) is 24.0. The summed E-state index contributed by atoms with van der Waals surface area (Å²) in [5, 5.41) is 41.9. The third kappa shape index (κ3) is 8.14. The number of carbonyl (C=O) groups excluding carboxylic acids is 5. The second kappa shape index (κ2) is 15.2. The third-order valence-corrected chi connectivity index (χ3v) is 10.1. The minimum absolute atomic E-state index is 0.116. The number of carbonyl (C=O) groups is 6. The van der Waals surface area contributed by atoms with Crippen molar-refractivity contribution in [2.75, 3.05) is 54.4 Å². The average Bonchev–Trinajstić information content (AvgIpc) is 3.71. The van der Waals surface area contributed by atoms with E-state index >= 15 is 0 Å². The fraction of sp³-hybridized carbons (Fsp3) is 0.692. The lowest BCUT2D eigenvalue weighted by molar-refractivity contribution is -0.165. The smallest absolute Gasteiger partial charge is 0.395 e. The number of β-amino-alcohol motifs (C(OH)–C–C–N with tert-alkyl or cyclic N) is 1. The van der Waals surface area contributed by atoms with Crippen molar-refractivity contribution in [3.8, 4) is 0 Å². The highest BCUT2D eigenvalue weighted by Gasteiger charge is 2.47. The zero-order valence-electron chi connectivity index (χ0n) is 25.9. The molecule has 3 aliphatic rings. The van der Waals surface area contributed by atoms with E-state index in [-0.39, 0.29) is 25.9 Å². The monoisotopic (exact) mass is 677 g/mol. The Morgan fingerprint density at radius 3 is 2.33 bits per heavy atom. The topological polar surface area (TPSA) is 253 Å². The van der Waals surface area contributed by atoms with Crippen molar-refractivity contribution in [3.05, 3.63) is 11.5 Å². The van der Waals surface area contributed by atoms with Gasteiger partial charge in [0.05, 0.1) is 25.7 Å². The summed E-state index contributed by atoms with van der Waals surface area (Å²) < 4.78 is 30.9. The van der Waals surface area contributed by atoms with Crippen LogP contribution in [-0.2, 0) is 47.3 Å². The number of esters is 2. The van der Waals surface area contributed by atoms with Crippen LogP contribution >= 0.6 is 7.67 Å². The number of likely N-dealkylation sites (tertiary alicyclic amines) is 2. The third-order valence-electron chi connectivity index (χ3n) is 7.64. The number of nitrogens with zero attached hydrogens (tertiary/aromatic N) is 4. The van der Waals surface area contributed by atoms with E-state index in [4.69, 9.17) is 14.0 Å². The number of cyclic esters (lactones) is 1. The van der Waals surface area contributed by atoms with Crippen molar-refractivity contribution in [3.63, 3.8) is 0 Å². The molecule has 2 fully saturated rings. The lowest BCUT2D eigenvalue weighted by atomic mass is 10.1. The van der Waals surface area contributed by atoms with Gasteiger partial charge in [0, 0.05) is 25.9 Å². The van der Waals surface area contributed by atoms with Gasteiger partial charge in [-0.2, -0.15) is 0 Å². The first kappa shape index (κ1) is 36.7. The molecular weight excluding hydrogens is 637 g/mol. The van der Waals surface area contributed by atoms with Crippen LogP contribution < -0.4 is 5.32 Å². The number of aliphatic carboxylic acids is 1. The van der Waals surface area contributed by atoms with Crippen LogP contribution in [-0.4, -0.2) is 160 Å². The molecule has 2 saturated heterocycles. The summed E-state index contributed by atoms with van der Waals surface area (Å²) in [5.41, 5.74) is 0. The molecule has 20 heteroatoms. The maximum Gasteiger partial charge on any atom is 0.395 e. The Kier molecular flexibility index (Phi) is 12.1. The second-order valence-electron chi connectivity index (χ2n) is 11.3. The summed E-state index contributed by atoms with van der Waals surface area (Å²) in [6, 6.07) is -2.15. The Morgan fingerprint density at radius 2 is 1.74 bits per heavy atom. The highest BCUT2D eigenvalue weighted by Crippen LogP contribution is 2.53. The Bertz CT molecular complexity index is 1290. The summed E-state index contributed by atoms with van der Waals surface area (Å²) in [6.45, 7) is -1.37. The highest BCUT2D eigenvalue weighted by atomic mass is 31.2. The molecule has 19 nitrogen and oxygen atoms in total. The van der Waals surface area contributed by atoms with Gasteiger partial charge in [-0.1, -0.05) is 0 Å². The highest BCUT2D eigenvalue weighted by molar-refractivity contribution is 7.54. The van der Waals surface area contributed by atoms with E-state index in [9.17, 15) is 53.8 Å². The molecule has 5 atom stereocenters. The predicted octanol–water partition coefficient (Wildman–Crippen LogP) is -2.23. The molecule has 46 heavy (non-hydrogen) atoms. The molecule has 0 saturated carbocycles. The fourth-order valence-electron chi connectivity index (χ4n) is 5.24. The quantitative estimate of drug-likeness (QED) is 0.0963. The van der Waals surface area contributed by atoms with Gasteiger partial charge in [-0.05, 0) is 41.0 Å². The minimum Gasteiger partial charge on any atom is -0.505 e. The summed E-state index contributed by atoms with van der Waals surface area (Å²) in [7, 11) is 1.90. The Balaban J connectivity index is 1.51. The molecular formula is C26H40N5O14P. The average molecular weight is 678 g/mol. The first-order valence-electron chi connectivity index (χ1n) is 14.4. The van der Waals surface area contributed by atoms with Crippen LogP contribution in [0.5, 0.6) is 0 Å². The minimum atomic E-state index is -3.79. The molecule has 0 aromatic rings. The van der Waals surface area contributed by atoms with Crippen LogP contribution in [0.3, 0.4) is 0 Å². The standard InChI is InChI=1S/C26H40N5O14P/c1-28(2)46(42,29(3)4)45-23-21(37)22(44-26(23)41)17(13-32)43-20(36)8-7-18(34)27-11-19(35)30-9-5-6-15(30)24(38)31-12-14(33)10-16(31)25(39)40/h14-17,22,32-33,37H,5-13H2,1-4H3,(H,27,34)(H,39,40). The summed E-state index contributed by atoms with van der Waals surface area (Å²) >= 11 is 0. The van der Waals surface area contributed by atoms with Crippen LogP contribution in [0.25, 0.3) is 0 Å². The molecule has 5 N–H and O–H groups in total. The number of ether oxygens (including phenoxy) is 2. The molecule has 5 unspecified atom stereocenters. The fourth-order valence-corrected chi connectivity index (χ4v) is 6.69. The van der Waals surface area contributed by atoms with Gasteiger partial charge < -0.3 is 49.5 Å². The molecule has 258 valence electrons. The van der Waals surface area contributed by atoms with Crippen molar-refractivity contribution >= 4 is 43.3 Å². The SMILES string of the molecule is CN(C)P(=O)(OC1=C(O)C(C(CO)OC(=O)CCC(=O)NCC(=O)N2CCCC2C(=O)N2CC(O)CC2C(=O)O)OC1=O)N(C)C. The zero-order valence-corrected chi connectivity index (χ0v) is 26.8. The number of carboxylic acids is 1. The molecule has 3 heterocycles. The maximum atomic E-state index is 13.1. The van der Waals surface area contributed by atoms with E-state index in [0.717, 1.165) is 4.90 Å². The molecule has 3 rings (SSSR count). The van der Waals surface area contributed by atoms with Gasteiger partial charge in [-0.25, -0.2) is 23.5 Å². The van der Waals surface area contributed by atoms with Gasteiger partial charge in [0.15, 0.2) is 11.9 Å². The molecule has 0 spiro atoms. The number of aliphatic hydroxyl groups excluding tert-OH is 3. The molecule has 0 aromatic heterocycles. The number of hydrogen-bond acceptors (Lipinski definition) is 13. The van der Waals surface area contributed by atoms with E-state index in [1.54, 1.807) is 0 Å². The van der Waals surface area contributed by atoms with Crippen LogP contribution in [0.15, 0.2) is 11.5 Å². The van der Waals surface area contributed by atoms with Gasteiger partial charge in [0.2, 0.25) is 23.8 Å². The largest absolute Gasteiger partial charge is 0.505 e. The van der Waals surface area contributed by atoms with Crippen molar-refractivity contribution in [2.24, 2.45) is 0 Å². The molecule has 0 aliphatic carbocycles. The van der Waals surface area contributed by atoms with E-state index in [2.05, 4.69) is 5.32 Å². The number of carboxylic acid groups (broad SMARTS) is 1. The van der Waals surface area contributed by atoms with E-state index in [0.29, 0.717) is 6.42 Å². The Hall–Kier alpha value is -3.77. The van der Waals surface area contributed by atoms with Crippen LogP contribution in [0, 0.1) is 0 Å². The maximum absolute atomic E-state index is 13.1. The lowest BCUT2D eigenvalue weighted by Crippen LogP contribution is -2.52. The number of nitrogens with one attached hydrogen (secondary N) is 1. The zero-order chi connectivity index (χ0) is 34.5. The molecule has 0 radical (unpaired) electrons. The van der Waals surface area contributed by atoms with Crippen LogP contribution in [0.4, 0.5) is 0 Å². The van der Waals surface area contributed by atoms with Gasteiger partial charge >= 0.3 is 25.6 Å². The van der Waals surface area contributed by atoms with E-state index in [1.807, 2.05) is 0 Å². The number of amides is 3. The molecule has 3 aliphatic heterocycles. The number of rotatable bonds is 14. The first-order valence-corrected chi connectivity index (χ1v) is 15.9. The van der Waals surface area contributed by atoms with Crippen molar-refractivity contribution in [2.45, 2.75) is 62.5 Å². The van der Waals surface area contributed by atoms with Gasteiger partial charge in [-0.3, -0.25) is 19.2 Å².